The van der Waals surface area contributed by atoms with Crippen molar-refractivity contribution in [1.29, 1.82) is 0 Å². The van der Waals surface area contributed by atoms with Crippen LogP contribution in [0, 0.1) is 0 Å². The zero-order valence-electron chi connectivity index (χ0n) is 11.7. The second-order valence-electron chi connectivity index (χ2n) is 5.25. The molecular formula is C12H23N5O2. The molecule has 7 nitrogen and oxygen atoms in total. The fraction of sp³-hybridized carbons (Fsp3) is 0.917. The zero-order chi connectivity index (χ0) is 14.3. The van der Waals surface area contributed by atoms with E-state index in [1.54, 1.807) is 0 Å². The first-order chi connectivity index (χ1) is 9.02. The van der Waals surface area contributed by atoms with Gasteiger partial charge in [0.1, 0.15) is 5.54 Å². The summed E-state index contributed by atoms with van der Waals surface area (Å²) in [5.74, 6) is -0.806. The minimum atomic E-state index is -0.880. The molecule has 19 heavy (non-hydrogen) atoms. The van der Waals surface area contributed by atoms with Gasteiger partial charge in [-0.3, -0.25) is 4.79 Å². The minimum Gasteiger partial charge on any atom is -0.480 e. The summed E-state index contributed by atoms with van der Waals surface area (Å²) >= 11 is 0. The van der Waals surface area contributed by atoms with Gasteiger partial charge in [-0.1, -0.05) is 5.11 Å². The highest BCUT2D eigenvalue weighted by atomic mass is 16.4. The predicted octanol–water partition coefficient (Wildman–Crippen LogP) is 1.60. The molecule has 1 saturated heterocycles. The Balaban J connectivity index is 2.65. The van der Waals surface area contributed by atoms with E-state index in [-0.39, 0.29) is 6.54 Å². The number of azide groups is 1. The topological polar surface area (TPSA) is 101 Å². The molecule has 1 heterocycles. The summed E-state index contributed by atoms with van der Waals surface area (Å²) in [6.07, 6.45) is 2.05. The van der Waals surface area contributed by atoms with Crippen LogP contribution in [0.5, 0.6) is 0 Å². The monoisotopic (exact) mass is 269 g/mol. The molecule has 0 spiro atoms. The van der Waals surface area contributed by atoms with E-state index in [1.165, 1.54) is 0 Å². The molecule has 1 atom stereocenters. The van der Waals surface area contributed by atoms with Crippen LogP contribution in [0.2, 0.25) is 0 Å². The zero-order valence-corrected chi connectivity index (χ0v) is 11.7. The second-order valence-corrected chi connectivity index (χ2v) is 5.25. The molecule has 0 radical (unpaired) electrons. The van der Waals surface area contributed by atoms with Gasteiger partial charge in [-0.25, -0.2) is 0 Å². The summed E-state index contributed by atoms with van der Waals surface area (Å²) in [5, 5.41) is 16.0. The summed E-state index contributed by atoms with van der Waals surface area (Å²) in [7, 11) is 0. The molecule has 1 aliphatic rings. The van der Waals surface area contributed by atoms with Gasteiger partial charge in [0.2, 0.25) is 0 Å². The Kier molecular flexibility index (Phi) is 6.08. The Hall–Kier alpha value is -1.30. The SMILES string of the molecule is CC(C)N1CCCC(NCCN=[N+]=[N-])(C(=O)O)CC1. The minimum absolute atomic E-state index is 0.277. The number of nitrogens with zero attached hydrogens (tertiary/aromatic N) is 4. The molecule has 1 unspecified atom stereocenters. The van der Waals surface area contributed by atoms with Crippen molar-refractivity contribution in [3.8, 4) is 0 Å². The van der Waals surface area contributed by atoms with E-state index in [2.05, 4.69) is 34.1 Å². The average molecular weight is 269 g/mol. The van der Waals surface area contributed by atoms with Crippen LogP contribution in [-0.2, 0) is 4.79 Å². The molecule has 108 valence electrons. The van der Waals surface area contributed by atoms with E-state index in [0.717, 1.165) is 19.5 Å². The Labute approximate surface area is 113 Å². The summed E-state index contributed by atoms with van der Waals surface area (Å²) in [4.78, 5) is 16.6. The van der Waals surface area contributed by atoms with Gasteiger partial charge in [-0.05, 0) is 45.2 Å². The number of nitrogens with one attached hydrogen (secondary N) is 1. The molecule has 0 aromatic carbocycles. The van der Waals surface area contributed by atoms with Crippen LogP contribution in [0.25, 0.3) is 10.4 Å². The largest absolute Gasteiger partial charge is 0.480 e. The van der Waals surface area contributed by atoms with E-state index >= 15 is 0 Å². The highest BCUT2D eigenvalue weighted by molar-refractivity contribution is 5.78. The molecule has 0 amide bonds. The van der Waals surface area contributed by atoms with Gasteiger partial charge in [0.15, 0.2) is 0 Å². The van der Waals surface area contributed by atoms with Crippen LogP contribution in [0.15, 0.2) is 5.11 Å². The lowest BCUT2D eigenvalue weighted by molar-refractivity contribution is -0.145. The van der Waals surface area contributed by atoms with Crippen LogP contribution < -0.4 is 5.32 Å². The van der Waals surface area contributed by atoms with Gasteiger partial charge in [0.05, 0.1) is 0 Å². The Morgan fingerprint density at radius 3 is 2.84 bits per heavy atom. The van der Waals surface area contributed by atoms with Gasteiger partial charge >= 0.3 is 5.97 Å². The van der Waals surface area contributed by atoms with Gasteiger partial charge in [0, 0.05) is 30.6 Å². The molecule has 1 aliphatic heterocycles. The summed E-state index contributed by atoms with van der Waals surface area (Å²) < 4.78 is 0. The Bertz CT molecular complexity index is 354. The number of likely N-dealkylation sites (tertiary alicyclic amines) is 1. The van der Waals surface area contributed by atoms with Crippen LogP contribution in [0.3, 0.4) is 0 Å². The lowest BCUT2D eigenvalue weighted by Gasteiger charge is -2.30. The lowest BCUT2D eigenvalue weighted by atomic mass is 9.90. The summed E-state index contributed by atoms with van der Waals surface area (Å²) in [6.45, 7) is 6.65. The number of carboxylic acids is 1. The number of rotatable bonds is 6. The van der Waals surface area contributed by atoms with Gasteiger partial charge in [-0.2, -0.15) is 0 Å². The van der Waals surface area contributed by atoms with E-state index in [9.17, 15) is 9.90 Å². The molecule has 0 bridgehead atoms. The van der Waals surface area contributed by atoms with Crippen LogP contribution in [0.1, 0.15) is 33.1 Å². The number of hydrogen-bond acceptors (Lipinski definition) is 4. The second kappa shape index (κ2) is 7.33. The third-order valence-electron chi connectivity index (χ3n) is 3.75. The fourth-order valence-electron chi connectivity index (χ4n) is 2.53. The molecule has 1 fully saturated rings. The summed E-state index contributed by atoms with van der Waals surface area (Å²) in [6, 6.07) is 0.438. The summed E-state index contributed by atoms with van der Waals surface area (Å²) in [5.41, 5.74) is 7.34. The smallest absolute Gasteiger partial charge is 0.323 e. The first-order valence-electron chi connectivity index (χ1n) is 6.75. The molecule has 1 rings (SSSR count). The van der Waals surface area contributed by atoms with Crippen molar-refractivity contribution in [2.45, 2.75) is 44.7 Å². The van der Waals surface area contributed by atoms with E-state index in [0.29, 0.717) is 25.4 Å². The molecule has 0 saturated carbocycles. The molecule has 0 aliphatic carbocycles. The molecule has 7 heteroatoms. The van der Waals surface area contributed by atoms with E-state index < -0.39 is 11.5 Å². The molecule has 0 aromatic heterocycles. The quantitative estimate of drug-likeness (QED) is 0.331. The van der Waals surface area contributed by atoms with Gasteiger partial charge in [0.25, 0.3) is 0 Å². The fourth-order valence-corrected chi connectivity index (χ4v) is 2.53. The normalized spacial score (nSPS) is 24.8. The number of hydrogen-bond donors (Lipinski definition) is 2. The van der Waals surface area contributed by atoms with Crippen LogP contribution in [-0.4, -0.2) is 53.7 Å². The number of carbonyl (C=O) groups is 1. The Morgan fingerprint density at radius 1 is 1.53 bits per heavy atom. The van der Waals surface area contributed by atoms with Crippen molar-refractivity contribution >= 4 is 5.97 Å². The van der Waals surface area contributed by atoms with E-state index in [4.69, 9.17) is 5.53 Å². The molecule has 2 N–H and O–H groups in total. The standard InChI is InChI=1S/C12H23N5O2/c1-10(2)17-8-3-4-12(5-9-17,11(18)19)14-6-7-15-16-13/h10,14H,3-9H2,1-2H3,(H,18,19). The first-order valence-corrected chi connectivity index (χ1v) is 6.75. The number of aliphatic carboxylic acids is 1. The number of carboxylic acid groups (broad SMARTS) is 1. The van der Waals surface area contributed by atoms with Crippen molar-refractivity contribution in [2.24, 2.45) is 5.11 Å². The van der Waals surface area contributed by atoms with Crippen molar-refractivity contribution in [3.05, 3.63) is 10.4 Å². The third kappa shape index (κ3) is 4.38. The van der Waals surface area contributed by atoms with Crippen molar-refractivity contribution in [2.75, 3.05) is 26.2 Å². The van der Waals surface area contributed by atoms with Crippen molar-refractivity contribution < 1.29 is 9.90 Å². The lowest BCUT2D eigenvalue weighted by Crippen LogP contribution is -2.53. The highest BCUT2D eigenvalue weighted by Gasteiger charge is 2.39. The van der Waals surface area contributed by atoms with Gasteiger partial charge < -0.3 is 15.3 Å². The van der Waals surface area contributed by atoms with Gasteiger partial charge in [-0.15, -0.1) is 0 Å². The molecular weight excluding hydrogens is 246 g/mol. The average Bonchev–Trinajstić information content (AvgIpc) is 2.58. The highest BCUT2D eigenvalue weighted by Crippen LogP contribution is 2.23. The van der Waals surface area contributed by atoms with E-state index in [1.807, 2.05) is 0 Å². The van der Waals surface area contributed by atoms with Crippen molar-refractivity contribution in [1.82, 2.24) is 10.2 Å². The predicted molar refractivity (Wildman–Crippen MR) is 72.9 cm³/mol. The first kappa shape index (κ1) is 15.8. The Morgan fingerprint density at radius 2 is 2.26 bits per heavy atom. The van der Waals surface area contributed by atoms with Crippen molar-refractivity contribution in [3.63, 3.8) is 0 Å². The maximum Gasteiger partial charge on any atom is 0.323 e. The van der Waals surface area contributed by atoms with Crippen LogP contribution in [0.4, 0.5) is 0 Å². The maximum absolute atomic E-state index is 11.6. The maximum atomic E-state index is 11.6. The van der Waals surface area contributed by atoms with Crippen LogP contribution >= 0.6 is 0 Å². The molecule has 0 aromatic rings. The third-order valence-corrected chi connectivity index (χ3v) is 3.75.